The van der Waals surface area contributed by atoms with Crippen LogP contribution in [0, 0.1) is 17.6 Å². The maximum atomic E-state index is 14.1. The van der Waals surface area contributed by atoms with E-state index in [9.17, 15) is 32.3 Å². The maximum absolute atomic E-state index is 14.1. The zero-order chi connectivity index (χ0) is 93.5. The van der Waals surface area contributed by atoms with Crippen LogP contribution in [0.3, 0.4) is 0 Å². The van der Waals surface area contributed by atoms with Gasteiger partial charge in [0.25, 0.3) is 22.2 Å². The molecule has 12 aromatic heterocycles. The zero-order valence-corrected chi connectivity index (χ0v) is 82.1. The van der Waals surface area contributed by atoms with Gasteiger partial charge in [-0.05, 0) is 255 Å². The van der Waals surface area contributed by atoms with Crippen molar-refractivity contribution >= 4 is 140 Å². The zero-order valence-electron chi connectivity index (χ0n) is 74.1. The third-order valence-electron chi connectivity index (χ3n) is 24.4. The Bertz CT molecular complexity index is 7520. The average molecular weight is 2170 g/mol. The van der Waals surface area contributed by atoms with E-state index in [-0.39, 0.29) is 77.3 Å². The van der Waals surface area contributed by atoms with Crippen molar-refractivity contribution in [3.63, 3.8) is 0 Å². The molecule has 682 valence electrons. The molecule has 0 saturated heterocycles. The Morgan fingerprint density at radius 3 is 1.04 bits per heavy atom. The van der Waals surface area contributed by atoms with Gasteiger partial charge in [-0.2, -0.15) is 33.6 Å². The SMILES string of the molecule is C.C[C@H](Cc1nc(Cl)ccc1I)c1cc2cccc(-c3cnn(C)c3)c2c(=O)n1-c1ccccc1.C[C@H](Cc1nc(Cl)ccc1I)c1cc2cccc(-c3cnn(C)c3)c2c(=O)n1C1CC1.C[C@H](Cc1nc(N)ccc1I)c1cc2cccc(-c3cnn(C)c3)c2c(=O)n1C1CC1.Cc1ncnc(C[C@@H](C)c2cc3cccc(-c4cnn(C)c4)c3c(=O)n2-c2ccccc2)c1C(F)(F)F. The normalized spacial score (nSPS) is 13.5. The fourth-order valence-electron chi connectivity index (χ4n) is 17.8. The number of fused-ring (bicyclic) bond motifs is 4. The molecule has 2 aliphatic rings. The van der Waals surface area contributed by atoms with Crippen LogP contribution in [-0.2, 0) is 60.1 Å². The standard InChI is InChI=1S/C28H24F3N5O.C27H22ClIN4O.C24H22ClIN4O.C24H24IN5O.CH4/c1-17(12-23-26(28(29,30)31)18(2)32-16-33-23)24-13-19-8-7-11-22(20-14-34-35(3)15-20)25(19)27(37)36(24)21-9-5-4-6-10-21;1-17(13-23-22(29)11-12-25(28)31-23)24-14-18-7-6-10-21(19-15-30-32(2)16-19)26(18)27(34)33(24)20-8-4-3-5-9-20;1-14(10-20-19(26)8-9-22(25)28-20)21-11-15-4-3-5-18(16-12-27-29(2)13-16)23(15)24(31)30(21)17-6-7-17;1-14(10-20-19(25)8-9-22(26)28-20)21-11-15-4-3-5-18(16-12-27-29(2)13-16)23(15)24(31)30(21)17-6-7-17;/h4-11,13-17H,12H2,1-3H3;3-12,14-17H,13H2,1-2H3;3-5,8-9,11-14,17H,6-7,10H2,1-2H3;3-5,8-9,11-14,17H,6-7,10H2,1-2H3,(H2,26,28);1H4/t2*17-;2*14-;/m1111./s1. The van der Waals surface area contributed by atoms with Gasteiger partial charge in [0.05, 0.1) is 80.4 Å². The fraction of sp³-hybridized carbons (Fsp3) is 0.240. The molecule has 0 radical (unpaired) electrons. The van der Waals surface area contributed by atoms with Crippen LogP contribution < -0.4 is 28.0 Å². The van der Waals surface area contributed by atoms with E-state index in [0.29, 0.717) is 50.1 Å². The van der Waals surface area contributed by atoms with Crippen molar-refractivity contribution in [2.24, 2.45) is 28.2 Å². The van der Waals surface area contributed by atoms with E-state index in [0.717, 1.165) is 167 Å². The van der Waals surface area contributed by atoms with E-state index in [4.69, 9.17) is 28.9 Å². The molecule has 4 atom stereocenters. The van der Waals surface area contributed by atoms with Gasteiger partial charge in [-0.25, -0.2) is 24.9 Å². The summed E-state index contributed by atoms with van der Waals surface area (Å²) in [6, 6.07) is 63.0. The lowest BCUT2D eigenvalue weighted by Crippen LogP contribution is -2.25. The first-order valence-corrected chi connectivity index (χ1v) is 47.6. The summed E-state index contributed by atoms with van der Waals surface area (Å²) in [4.78, 5) is 77.2. The van der Waals surface area contributed by atoms with Crippen molar-refractivity contribution in [2.75, 3.05) is 5.73 Å². The number of aromatic nitrogens is 17. The van der Waals surface area contributed by atoms with Crippen molar-refractivity contribution < 1.29 is 13.2 Å². The van der Waals surface area contributed by atoms with E-state index in [1.807, 2.05) is 249 Å². The first kappa shape index (κ1) is 95.1. The Morgan fingerprint density at radius 2 is 0.716 bits per heavy atom. The molecule has 0 unspecified atom stereocenters. The number of halogens is 8. The lowest BCUT2D eigenvalue weighted by molar-refractivity contribution is -0.139. The molecule has 12 heterocycles. The number of alkyl halides is 3. The molecule has 0 bridgehead atoms. The van der Waals surface area contributed by atoms with Gasteiger partial charge < -0.3 is 14.9 Å². The molecule has 0 aliphatic heterocycles. The second-order valence-corrected chi connectivity index (χ2v) is 38.5. The smallest absolute Gasteiger partial charge is 0.384 e. The van der Waals surface area contributed by atoms with Crippen LogP contribution in [0.4, 0.5) is 19.0 Å². The molecular weight excluding hydrogens is 2070 g/mol. The molecule has 0 spiro atoms. The van der Waals surface area contributed by atoms with E-state index in [1.54, 1.807) is 48.8 Å². The van der Waals surface area contributed by atoms with Crippen LogP contribution in [0.25, 0.3) is 99.0 Å². The van der Waals surface area contributed by atoms with Crippen molar-refractivity contribution in [2.45, 2.75) is 135 Å². The van der Waals surface area contributed by atoms with Gasteiger partial charge in [0.15, 0.2) is 0 Å². The molecular formula is C104H96Cl2F3I3N18O4. The van der Waals surface area contributed by atoms with Gasteiger partial charge >= 0.3 is 6.18 Å². The third-order valence-corrected chi connectivity index (χ3v) is 27.8. The number of aryl methyl sites for hydroxylation is 5. The molecule has 134 heavy (non-hydrogen) atoms. The second kappa shape index (κ2) is 40.2. The molecule has 20 rings (SSSR count). The minimum atomic E-state index is -4.58. The Morgan fingerprint density at radius 1 is 0.403 bits per heavy atom. The minimum absolute atomic E-state index is 0. The van der Waals surface area contributed by atoms with Gasteiger partial charge in [0.2, 0.25) is 0 Å². The summed E-state index contributed by atoms with van der Waals surface area (Å²) in [7, 11) is 7.47. The lowest BCUT2D eigenvalue weighted by Gasteiger charge is -2.22. The van der Waals surface area contributed by atoms with Crippen LogP contribution in [0.1, 0.15) is 153 Å². The highest BCUT2D eigenvalue weighted by Gasteiger charge is 2.38. The number of benzene rings is 6. The largest absolute Gasteiger partial charge is 0.419 e. The first-order valence-electron chi connectivity index (χ1n) is 43.6. The first-order chi connectivity index (χ1) is 63.9. The molecule has 6 aromatic carbocycles. The molecule has 30 heteroatoms. The second-order valence-electron chi connectivity index (χ2n) is 34.2. The topological polar surface area (TPSA) is 250 Å². The molecule has 2 aliphatic carbocycles. The highest BCUT2D eigenvalue weighted by Crippen LogP contribution is 2.43. The average Bonchev–Trinajstić information content (AvgIpc) is 1.32. The minimum Gasteiger partial charge on any atom is -0.384 e. The van der Waals surface area contributed by atoms with E-state index >= 15 is 0 Å². The number of anilines is 1. The Hall–Kier alpha value is -12.1. The number of para-hydroxylation sites is 2. The summed E-state index contributed by atoms with van der Waals surface area (Å²) in [5.41, 5.74) is 20.0. The molecule has 18 aromatic rings. The van der Waals surface area contributed by atoms with Crippen molar-refractivity contribution in [1.29, 1.82) is 0 Å². The summed E-state index contributed by atoms with van der Waals surface area (Å²) < 4.78 is 59.2. The number of nitrogens with two attached hydrogens (primary N) is 1. The van der Waals surface area contributed by atoms with Crippen LogP contribution in [-0.4, -0.2) is 82.3 Å². The number of pyridine rings is 7. The molecule has 22 nitrogen and oxygen atoms in total. The Labute approximate surface area is 822 Å². The quantitative estimate of drug-likeness (QED) is 0.0550. The van der Waals surface area contributed by atoms with Crippen molar-refractivity contribution in [3.8, 4) is 55.9 Å². The number of nitrogens with zero attached hydrogens (tertiary/aromatic N) is 17. The Balaban J connectivity index is 0.000000130. The Kier molecular flexibility index (Phi) is 28.5. The van der Waals surface area contributed by atoms with Crippen molar-refractivity contribution in [3.05, 3.63) is 369 Å². The van der Waals surface area contributed by atoms with Gasteiger partial charge in [-0.1, -0.05) is 168 Å². The maximum Gasteiger partial charge on any atom is 0.419 e. The number of nitrogen functional groups attached to an aromatic ring is 1. The highest BCUT2D eigenvalue weighted by molar-refractivity contribution is 14.1. The number of rotatable bonds is 20. The van der Waals surface area contributed by atoms with Crippen molar-refractivity contribution in [1.82, 2.24) is 82.3 Å². The van der Waals surface area contributed by atoms with Crippen LogP contribution in [0.15, 0.2) is 269 Å². The predicted octanol–water partition coefficient (Wildman–Crippen LogP) is 23.3. The van der Waals surface area contributed by atoms with Gasteiger partial charge in [0.1, 0.15) is 22.5 Å². The highest BCUT2D eigenvalue weighted by atomic mass is 127. The molecule has 2 fully saturated rings. The van der Waals surface area contributed by atoms with Gasteiger partial charge in [-0.15, -0.1) is 0 Å². The molecule has 2 saturated carbocycles. The lowest BCUT2D eigenvalue weighted by atomic mass is 9.94. The van der Waals surface area contributed by atoms with E-state index in [1.165, 1.54) is 6.92 Å². The fourth-order valence-corrected chi connectivity index (χ4v) is 19.7. The van der Waals surface area contributed by atoms with E-state index in [2.05, 4.69) is 152 Å². The van der Waals surface area contributed by atoms with Gasteiger partial charge in [-0.3, -0.25) is 47.0 Å². The van der Waals surface area contributed by atoms with Gasteiger partial charge in [0, 0.05) is 156 Å². The molecule has 0 amide bonds. The van der Waals surface area contributed by atoms with Crippen LogP contribution in [0.2, 0.25) is 10.3 Å². The monoisotopic (exact) mass is 2170 g/mol. The number of hydrogen-bond donors (Lipinski definition) is 1. The summed E-state index contributed by atoms with van der Waals surface area (Å²) >= 11 is 19.2. The molecule has 2 N–H and O–H groups in total. The van der Waals surface area contributed by atoms with Crippen LogP contribution in [0.5, 0.6) is 0 Å². The summed E-state index contributed by atoms with van der Waals surface area (Å²) in [6.07, 6.45) is 17.7. The van der Waals surface area contributed by atoms with Crippen LogP contribution >= 0.6 is 91.0 Å². The summed E-state index contributed by atoms with van der Waals surface area (Å²) in [5, 5.41) is 24.4. The number of hydrogen-bond acceptors (Lipinski definition) is 14. The predicted molar refractivity (Wildman–Crippen MR) is 553 cm³/mol. The van der Waals surface area contributed by atoms with E-state index < -0.39 is 17.7 Å². The summed E-state index contributed by atoms with van der Waals surface area (Å²) in [5.74, 6) is 0.372. The third kappa shape index (κ3) is 20.3. The summed E-state index contributed by atoms with van der Waals surface area (Å²) in [6.45, 7) is 9.61.